The third kappa shape index (κ3) is 9.17. The number of methoxy groups -OCH3 is 1. The summed E-state index contributed by atoms with van der Waals surface area (Å²) in [6.07, 6.45) is 3.95. The van der Waals surface area contributed by atoms with E-state index < -0.39 is 6.09 Å². The van der Waals surface area contributed by atoms with Crippen molar-refractivity contribution in [3.05, 3.63) is 60.6 Å². The zero-order valence-electron chi connectivity index (χ0n) is 21.0. The lowest BCUT2D eigenvalue weighted by molar-refractivity contribution is -0.131. The minimum Gasteiger partial charge on any atom is -0.493 e. The summed E-state index contributed by atoms with van der Waals surface area (Å²) in [4.78, 5) is 41.5. The highest BCUT2D eigenvalue weighted by atomic mass is 16.5. The van der Waals surface area contributed by atoms with E-state index in [9.17, 15) is 14.4 Å². The summed E-state index contributed by atoms with van der Waals surface area (Å²) in [5.74, 6) is 1.04. The van der Waals surface area contributed by atoms with E-state index in [1.807, 2.05) is 31.2 Å². The molecule has 3 rings (SSSR count). The fraction of sp³-hybridized carbons (Fsp3) is 0.320. The molecule has 0 aliphatic heterocycles. The van der Waals surface area contributed by atoms with Gasteiger partial charge in [-0.05, 0) is 25.1 Å². The molecule has 12 heteroatoms. The van der Waals surface area contributed by atoms with E-state index in [1.165, 1.54) is 30.3 Å². The number of hydrogen-bond donors (Lipinski definition) is 2. The van der Waals surface area contributed by atoms with Crippen molar-refractivity contribution in [1.82, 2.24) is 19.7 Å². The third-order valence-electron chi connectivity index (χ3n) is 5.10. The molecule has 0 saturated heterocycles. The maximum atomic E-state index is 12.5. The average molecular weight is 511 g/mol. The Morgan fingerprint density at radius 3 is 2.54 bits per heavy atom. The fourth-order valence-electron chi connectivity index (χ4n) is 3.04. The van der Waals surface area contributed by atoms with Crippen LogP contribution in [0.1, 0.15) is 12.0 Å². The number of aromatic nitrogens is 3. The van der Waals surface area contributed by atoms with Gasteiger partial charge in [0.05, 0.1) is 38.6 Å². The highest BCUT2D eigenvalue weighted by molar-refractivity contribution is 5.90. The number of anilines is 2. The van der Waals surface area contributed by atoms with Gasteiger partial charge >= 0.3 is 6.09 Å². The summed E-state index contributed by atoms with van der Waals surface area (Å²) in [5.41, 5.74) is 1.62. The van der Waals surface area contributed by atoms with Gasteiger partial charge in [0, 0.05) is 25.5 Å². The first-order valence-corrected chi connectivity index (χ1v) is 11.5. The molecule has 0 aliphatic carbocycles. The molecule has 196 valence electrons. The van der Waals surface area contributed by atoms with Crippen LogP contribution in [-0.2, 0) is 20.9 Å². The molecule has 3 aromatic rings. The molecule has 2 heterocycles. The molecule has 3 amide bonds. The molecule has 0 unspecified atom stereocenters. The fourth-order valence-corrected chi connectivity index (χ4v) is 3.04. The zero-order chi connectivity index (χ0) is 26.6. The molecule has 0 radical (unpaired) electrons. The minimum absolute atomic E-state index is 0.0317. The smallest absolute Gasteiger partial charge is 0.412 e. The Kier molecular flexibility index (Phi) is 9.82. The molecule has 2 N–H and O–H groups in total. The Morgan fingerprint density at radius 1 is 1.03 bits per heavy atom. The molecule has 0 saturated carbocycles. The van der Waals surface area contributed by atoms with E-state index >= 15 is 0 Å². The number of hydrogen-bond acceptors (Lipinski definition) is 8. The van der Waals surface area contributed by atoms with Crippen molar-refractivity contribution in [1.29, 1.82) is 0 Å². The van der Waals surface area contributed by atoms with Gasteiger partial charge in [-0.3, -0.25) is 19.6 Å². The highest BCUT2D eigenvalue weighted by Crippen LogP contribution is 2.15. The first-order chi connectivity index (χ1) is 17.8. The predicted octanol–water partition coefficient (Wildman–Crippen LogP) is 2.71. The molecule has 37 heavy (non-hydrogen) atoms. The first kappa shape index (κ1) is 27.0. The second kappa shape index (κ2) is 13.5. The molecule has 0 atom stereocenters. The van der Waals surface area contributed by atoms with Gasteiger partial charge in [-0.15, -0.1) is 0 Å². The number of nitrogens with zero attached hydrogens (tertiary/aromatic N) is 4. The topological polar surface area (TPSA) is 137 Å². The largest absolute Gasteiger partial charge is 0.493 e. The number of carbonyl (C=O) groups excluding carboxylic acids is 3. The maximum Gasteiger partial charge on any atom is 0.412 e. The normalized spacial score (nSPS) is 10.4. The minimum atomic E-state index is -0.648. The molecule has 0 spiro atoms. The van der Waals surface area contributed by atoms with E-state index in [2.05, 4.69) is 25.5 Å². The maximum absolute atomic E-state index is 12.5. The summed E-state index contributed by atoms with van der Waals surface area (Å²) in [5, 5.41) is 9.29. The Bertz CT molecular complexity index is 1200. The van der Waals surface area contributed by atoms with Crippen LogP contribution in [0.25, 0.3) is 0 Å². The quantitative estimate of drug-likeness (QED) is 0.380. The van der Waals surface area contributed by atoms with Gasteiger partial charge in [-0.1, -0.05) is 17.7 Å². The molecular formula is C25H30N6O6. The number of likely N-dealkylation sites (N-methyl/N-ethyl adjacent to an activating group) is 1. The summed E-state index contributed by atoms with van der Waals surface area (Å²) in [6, 6.07) is 10.8. The SMILES string of the molecule is COC(=O)Nc1cc(OCCC(=O)Nc2cnn(CC(=O)N(C)CCOc3ccc(C)cc3)c2)ccn1. The van der Waals surface area contributed by atoms with Crippen molar-refractivity contribution in [2.45, 2.75) is 19.9 Å². The average Bonchev–Trinajstić information content (AvgIpc) is 3.31. The Balaban J connectivity index is 1.36. The number of pyridine rings is 1. The van der Waals surface area contributed by atoms with E-state index in [1.54, 1.807) is 24.2 Å². The van der Waals surface area contributed by atoms with Gasteiger partial charge in [0.25, 0.3) is 0 Å². The van der Waals surface area contributed by atoms with Crippen molar-refractivity contribution >= 4 is 29.4 Å². The molecule has 0 bridgehead atoms. The predicted molar refractivity (Wildman–Crippen MR) is 136 cm³/mol. The Morgan fingerprint density at radius 2 is 1.78 bits per heavy atom. The molecule has 1 aromatic carbocycles. The Hall–Kier alpha value is -4.61. The van der Waals surface area contributed by atoms with Crippen molar-refractivity contribution in [3.63, 3.8) is 0 Å². The highest BCUT2D eigenvalue weighted by Gasteiger charge is 2.12. The van der Waals surface area contributed by atoms with E-state index in [0.29, 0.717) is 24.6 Å². The van der Waals surface area contributed by atoms with E-state index in [-0.39, 0.29) is 37.2 Å². The number of amides is 3. The Labute approximate surface area is 214 Å². The number of rotatable bonds is 12. The van der Waals surface area contributed by atoms with Gasteiger partial charge in [-0.25, -0.2) is 9.78 Å². The number of carbonyl (C=O) groups is 3. The second-order valence-electron chi connectivity index (χ2n) is 8.04. The summed E-state index contributed by atoms with van der Waals surface area (Å²) >= 11 is 0. The summed E-state index contributed by atoms with van der Waals surface area (Å²) in [7, 11) is 2.95. The van der Waals surface area contributed by atoms with Gasteiger partial charge in [0.2, 0.25) is 11.8 Å². The van der Waals surface area contributed by atoms with Crippen LogP contribution in [0.2, 0.25) is 0 Å². The van der Waals surface area contributed by atoms with Crippen LogP contribution in [-0.4, -0.2) is 71.5 Å². The molecule has 12 nitrogen and oxygen atoms in total. The first-order valence-electron chi connectivity index (χ1n) is 11.5. The van der Waals surface area contributed by atoms with E-state index in [4.69, 9.17) is 9.47 Å². The lowest BCUT2D eigenvalue weighted by atomic mass is 10.2. The molecule has 0 aliphatic rings. The van der Waals surface area contributed by atoms with Crippen molar-refractivity contribution in [2.24, 2.45) is 0 Å². The van der Waals surface area contributed by atoms with Gasteiger partial charge in [0.1, 0.15) is 30.5 Å². The standard InChI is InChI=1S/C25H30N6O6/c1-18-4-6-20(7-5-18)37-13-11-30(2)24(33)17-31-16-19(15-27-31)28-23(32)9-12-36-21-8-10-26-22(14-21)29-25(34)35-3/h4-8,10,14-16H,9,11-13,17H2,1-3H3,(H,28,32)(H,26,29,34). The van der Waals surface area contributed by atoms with Crippen LogP contribution in [0.15, 0.2) is 55.0 Å². The number of aryl methyl sites for hydroxylation is 1. The van der Waals surface area contributed by atoms with Gasteiger partial charge < -0.3 is 24.4 Å². The van der Waals surface area contributed by atoms with Crippen molar-refractivity contribution in [3.8, 4) is 11.5 Å². The van der Waals surface area contributed by atoms with Crippen LogP contribution in [0.5, 0.6) is 11.5 Å². The second-order valence-corrected chi connectivity index (χ2v) is 8.04. The third-order valence-corrected chi connectivity index (χ3v) is 5.10. The van der Waals surface area contributed by atoms with Gasteiger partial charge in [0.15, 0.2) is 0 Å². The van der Waals surface area contributed by atoms with Crippen molar-refractivity contribution < 1.29 is 28.6 Å². The van der Waals surface area contributed by atoms with Crippen LogP contribution >= 0.6 is 0 Å². The molecule has 2 aromatic heterocycles. The summed E-state index contributed by atoms with van der Waals surface area (Å²) in [6.45, 7) is 2.94. The molecular weight excluding hydrogens is 480 g/mol. The van der Waals surface area contributed by atoms with Gasteiger partial charge in [-0.2, -0.15) is 5.10 Å². The van der Waals surface area contributed by atoms with Crippen LogP contribution < -0.4 is 20.1 Å². The lowest BCUT2D eigenvalue weighted by Crippen LogP contribution is -2.33. The van der Waals surface area contributed by atoms with Crippen molar-refractivity contribution in [2.75, 3.05) is 44.5 Å². The van der Waals surface area contributed by atoms with Crippen LogP contribution in [0.3, 0.4) is 0 Å². The lowest BCUT2D eigenvalue weighted by Gasteiger charge is -2.17. The number of benzene rings is 1. The number of ether oxygens (including phenoxy) is 3. The van der Waals surface area contributed by atoms with Crippen LogP contribution in [0.4, 0.5) is 16.3 Å². The number of nitrogens with one attached hydrogen (secondary N) is 2. The monoisotopic (exact) mass is 510 g/mol. The zero-order valence-corrected chi connectivity index (χ0v) is 21.0. The summed E-state index contributed by atoms with van der Waals surface area (Å²) < 4.78 is 17.2. The molecule has 0 fully saturated rings. The van der Waals surface area contributed by atoms with Crippen LogP contribution in [0, 0.1) is 6.92 Å². The van der Waals surface area contributed by atoms with E-state index in [0.717, 1.165) is 11.3 Å².